The standard InChI is InChI=1S/C25H25ClN2O3S/c1-17-13-25(11-12-27(17)23(29)14-26)28(24(30)16-32-25)15-19-9-10-22(31-19)21-8-4-6-18-5-2-3-7-20(18)21/h2-10,17H,11-16H2,1H3. The van der Waals surface area contributed by atoms with Crippen molar-refractivity contribution in [3.63, 3.8) is 0 Å². The molecule has 0 radical (unpaired) electrons. The number of likely N-dealkylation sites (tertiary alicyclic amines) is 1. The molecular weight excluding hydrogens is 444 g/mol. The van der Waals surface area contributed by atoms with E-state index in [-0.39, 0.29) is 28.6 Å². The summed E-state index contributed by atoms with van der Waals surface area (Å²) in [6.07, 6.45) is 1.48. The summed E-state index contributed by atoms with van der Waals surface area (Å²) in [6, 6.07) is 18.4. The highest BCUT2D eigenvalue weighted by Gasteiger charge is 2.50. The van der Waals surface area contributed by atoms with Crippen molar-refractivity contribution in [2.75, 3.05) is 18.2 Å². The average Bonchev–Trinajstić information content (AvgIpc) is 3.39. The Hall–Kier alpha value is -2.44. The van der Waals surface area contributed by atoms with Crippen molar-refractivity contribution in [2.45, 2.75) is 37.2 Å². The van der Waals surface area contributed by atoms with Crippen molar-refractivity contribution in [2.24, 2.45) is 0 Å². The van der Waals surface area contributed by atoms with Gasteiger partial charge in [0.15, 0.2) is 0 Å². The molecule has 0 aliphatic carbocycles. The first-order valence-corrected chi connectivity index (χ1v) is 12.4. The smallest absolute Gasteiger partial charge is 0.237 e. The SMILES string of the molecule is CC1CC2(CCN1C(=O)CCl)SCC(=O)N2Cc1ccc(-c2cccc3ccccc23)o1. The zero-order valence-corrected chi connectivity index (χ0v) is 19.5. The van der Waals surface area contributed by atoms with Crippen molar-refractivity contribution >= 4 is 45.9 Å². The summed E-state index contributed by atoms with van der Waals surface area (Å²) in [7, 11) is 0. The van der Waals surface area contributed by atoms with Gasteiger partial charge in [0.25, 0.3) is 0 Å². The number of benzene rings is 2. The minimum absolute atomic E-state index is 0.00350. The molecule has 3 heterocycles. The summed E-state index contributed by atoms with van der Waals surface area (Å²) in [5, 5.41) is 2.31. The van der Waals surface area contributed by atoms with Gasteiger partial charge in [-0.15, -0.1) is 23.4 Å². The molecule has 2 aliphatic rings. The van der Waals surface area contributed by atoms with Crippen LogP contribution in [-0.4, -0.2) is 50.7 Å². The van der Waals surface area contributed by atoms with E-state index < -0.39 is 0 Å². The average molecular weight is 469 g/mol. The maximum atomic E-state index is 12.8. The molecule has 166 valence electrons. The quantitative estimate of drug-likeness (QED) is 0.498. The third-order valence-corrected chi connectivity index (χ3v) is 8.36. The number of thioether (sulfide) groups is 1. The number of hydrogen-bond donors (Lipinski definition) is 0. The van der Waals surface area contributed by atoms with Gasteiger partial charge >= 0.3 is 0 Å². The molecule has 2 fully saturated rings. The topological polar surface area (TPSA) is 53.8 Å². The van der Waals surface area contributed by atoms with Crippen molar-refractivity contribution in [3.05, 3.63) is 60.4 Å². The molecule has 0 N–H and O–H groups in total. The number of piperidine rings is 1. The molecule has 3 aromatic rings. The normalized spacial score (nSPS) is 23.4. The van der Waals surface area contributed by atoms with E-state index in [1.807, 2.05) is 47.1 Å². The number of halogens is 1. The van der Waals surface area contributed by atoms with Gasteiger partial charge in [-0.2, -0.15) is 0 Å². The molecule has 2 unspecified atom stereocenters. The molecule has 2 saturated heterocycles. The zero-order valence-electron chi connectivity index (χ0n) is 17.9. The minimum Gasteiger partial charge on any atom is -0.459 e. The summed E-state index contributed by atoms with van der Waals surface area (Å²) in [4.78, 5) is 28.5. The lowest BCUT2D eigenvalue weighted by molar-refractivity contribution is -0.136. The van der Waals surface area contributed by atoms with Crippen molar-refractivity contribution in [3.8, 4) is 11.3 Å². The number of fused-ring (bicyclic) bond motifs is 1. The number of carbonyl (C=O) groups excluding carboxylic acids is 2. The predicted octanol–water partition coefficient (Wildman–Crippen LogP) is 5.12. The zero-order chi connectivity index (χ0) is 22.3. The summed E-state index contributed by atoms with van der Waals surface area (Å²) in [5.41, 5.74) is 1.05. The molecule has 0 saturated carbocycles. The summed E-state index contributed by atoms with van der Waals surface area (Å²) >= 11 is 7.47. The van der Waals surface area contributed by atoms with Crippen molar-refractivity contribution < 1.29 is 14.0 Å². The molecular formula is C25H25ClN2O3S. The molecule has 2 aromatic carbocycles. The van der Waals surface area contributed by atoms with E-state index in [1.54, 1.807) is 11.8 Å². The molecule has 5 rings (SSSR count). The van der Waals surface area contributed by atoms with Crippen molar-refractivity contribution in [1.29, 1.82) is 0 Å². The number of furan rings is 1. The van der Waals surface area contributed by atoms with E-state index in [9.17, 15) is 9.59 Å². The van der Waals surface area contributed by atoms with E-state index in [1.165, 1.54) is 5.39 Å². The van der Waals surface area contributed by atoms with E-state index in [2.05, 4.69) is 24.3 Å². The van der Waals surface area contributed by atoms with Crippen LogP contribution in [0.4, 0.5) is 0 Å². The van der Waals surface area contributed by atoms with Crippen LogP contribution in [0.25, 0.3) is 22.1 Å². The molecule has 2 aliphatic heterocycles. The summed E-state index contributed by atoms with van der Waals surface area (Å²) in [5.74, 6) is 2.13. The van der Waals surface area contributed by atoms with Gasteiger partial charge in [-0.05, 0) is 36.2 Å². The van der Waals surface area contributed by atoms with Gasteiger partial charge in [0.1, 0.15) is 17.4 Å². The Morgan fingerprint density at radius 3 is 2.81 bits per heavy atom. The Morgan fingerprint density at radius 1 is 1.19 bits per heavy atom. The van der Waals surface area contributed by atoms with E-state index in [4.69, 9.17) is 16.0 Å². The van der Waals surface area contributed by atoms with Crippen LogP contribution >= 0.6 is 23.4 Å². The van der Waals surface area contributed by atoms with Gasteiger partial charge < -0.3 is 14.2 Å². The maximum absolute atomic E-state index is 12.8. The molecule has 1 spiro atoms. The second-order valence-corrected chi connectivity index (χ2v) is 10.1. The molecule has 0 bridgehead atoms. The lowest BCUT2D eigenvalue weighted by Gasteiger charge is -2.47. The van der Waals surface area contributed by atoms with Crippen LogP contribution in [0.2, 0.25) is 0 Å². The van der Waals surface area contributed by atoms with Gasteiger partial charge in [-0.25, -0.2) is 0 Å². The molecule has 5 nitrogen and oxygen atoms in total. The van der Waals surface area contributed by atoms with E-state index in [0.29, 0.717) is 18.8 Å². The van der Waals surface area contributed by atoms with Gasteiger partial charge in [-0.1, -0.05) is 42.5 Å². The molecule has 7 heteroatoms. The highest BCUT2D eigenvalue weighted by molar-refractivity contribution is 8.01. The third-order valence-electron chi connectivity index (χ3n) is 6.61. The van der Waals surface area contributed by atoms with Gasteiger partial charge in [-0.3, -0.25) is 9.59 Å². The lowest BCUT2D eigenvalue weighted by atomic mass is 9.95. The van der Waals surface area contributed by atoms with Gasteiger partial charge in [0, 0.05) is 24.6 Å². The molecule has 1 aromatic heterocycles. The molecule has 32 heavy (non-hydrogen) atoms. The first-order chi connectivity index (χ1) is 15.5. The summed E-state index contributed by atoms with van der Waals surface area (Å²) < 4.78 is 6.24. The summed E-state index contributed by atoms with van der Waals surface area (Å²) in [6.45, 7) is 3.09. The number of carbonyl (C=O) groups is 2. The fourth-order valence-corrected chi connectivity index (χ4v) is 6.65. The van der Waals surface area contributed by atoms with Crippen LogP contribution in [0, 0.1) is 0 Å². The van der Waals surface area contributed by atoms with Crippen LogP contribution in [-0.2, 0) is 16.1 Å². The Labute approximate surface area is 196 Å². The second-order valence-electron chi connectivity index (χ2n) is 8.53. The number of hydrogen-bond acceptors (Lipinski definition) is 4. The van der Waals surface area contributed by atoms with Gasteiger partial charge in [0.05, 0.1) is 17.2 Å². The fraction of sp³-hybridized carbons (Fsp3) is 0.360. The Kier molecular flexibility index (Phi) is 5.68. The highest BCUT2D eigenvalue weighted by Crippen LogP contribution is 2.47. The maximum Gasteiger partial charge on any atom is 0.237 e. The number of nitrogens with zero attached hydrogens (tertiary/aromatic N) is 2. The van der Waals surface area contributed by atoms with Crippen LogP contribution in [0.5, 0.6) is 0 Å². The molecule has 2 amide bonds. The van der Waals surface area contributed by atoms with Crippen molar-refractivity contribution in [1.82, 2.24) is 9.80 Å². The number of amides is 2. The number of rotatable bonds is 4. The Balaban J connectivity index is 1.39. The Morgan fingerprint density at radius 2 is 2.00 bits per heavy atom. The first-order valence-electron chi connectivity index (χ1n) is 10.9. The lowest BCUT2D eigenvalue weighted by Crippen LogP contribution is -2.56. The van der Waals surface area contributed by atoms with E-state index >= 15 is 0 Å². The monoisotopic (exact) mass is 468 g/mol. The second kappa shape index (κ2) is 8.49. The largest absolute Gasteiger partial charge is 0.459 e. The predicted molar refractivity (Wildman–Crippen MR) is 129 cm³/mol. The highest BCUT2D eigenvalue weighted by atomic mass is 35.5. The Bertz CT molecular complexity index is 1170. The fourth-order valence-electron chi connectivity index (χ4n) is 5.03. The van der Waals surface area contributed by atoms with Crippen LogP contribution in [0.1, 0.15) is 25.5 Å². The van der Waals surface area contributed by atoms with Crippen LogP contribution in [0.3, 0.4) is 0 Å². The minimum atomic E-state index is -0.300. The van der Waals surface area contributed by atoms with Gasteiger partial charge in [0.2, 0.25) is 11.8 Å². The first kappa shape index (κ1) is 21.4. The van der Waals surface area contributed by atoms with Crippen LogP contribution < -0.4 is 0 Å². The number of alkyl halides is 1. The molecule has 2 atom stereocenters. The third kappa shape index (κ3) is 3.69. The van der Waals surface area contributed by atoms with E-state index in [0.717, 1.165) is 35.3 Å². The van der Waals surface area contributed by atoms with Crippen LogP contribution in [0.15, 0.2) is 59.0 Å².